The molecule has 0 saturated carbocycles. The van der Waals surface area contributed by atoms with E-state index in [4.69, 9.17) is 5.73 Å². The number of rotatable bonds is 4. The van der Waals surface area contributed by atoms with Gasteiger partial charge in [-0.3, -0.25) is 0 Å². The summed E-state index contributed by atoms with van der Waals surface area (Å²) in [5, 5.41) is 3.23. The van der Waals surface area contributed by atoms with Crippen molar-refractivity contribution < 1.29 is 4.39 Å². The van der Waals surface area contributed by atoms with Crippen molar-refractivity contribution in [2.24, 2.45) is 5.92 Å². The van der Waals surface area contributed by atoms with Gasteiger partial charge in [0, 0.05) is 19.2 Å². The summed E-state index contributed by atoms with van der Waals surface area (Å²) in [7, 11) is 0. The summed E-state index contributed by atoms with van der Waals surface area (Å²) in [4.78, 5) is 2.45. The molecule has 3 nitrogen and oxygen atoms in total. The van der Waals surface area contributed by atoms with Crippen LogP contribution in [0.15, 0.2) is 12.1 Å². The number of anilines is 2. The minimum atomic E-state index is -0.218. The molecule has 0 aromatic heterocycles. The van der Waals surface area contributed by atoms with Crippen LogP contribution in [0.2, 0.25) is 0 Å². The highest BCUT2D eigenvalue weighted by atomic mass is 127. The van der Waals surface area contributed by atoms with Crippen LogP contribution in [0.5, 0.6) is 0 Å². The first kappa shape index (κ1) is 14.8. The van der Waals surface area contributed by atoms with Crippen LogP contribution in [-0.2, 0) is 0 Å². The van der Waals surface area contributed by atoms with Crippen molar-refractivity contribution in [3.8, 4) is 0 Å². The van der Waals surface area contributed by atoms with Crippen LogP contribution >= 0.6 is 22.6 Å². The van der Waals surface area contributed by atoms with Crippen molar-refractivity contribution in [2.75, 3.05) is 37.2 Å². The highest BCUT2D eigenvalue weighted by Crippen LogP contribution is 2.24. The van der Waals surface area contributed by atoms with Crippen molar-refractivity contribution >= 4 is 34.0 Å². The first-order valence-corrected chi connectivity index (χ1v) is 7.85. The van der Waals surface area contributed by atoms with Gasteiger partial charge < -0.3 is 16.0 Å². The zero-order valence-corrected chi connectivity index (χ0v) is 13.4. The van der Waals surface area contributed by atoms with Crippen LogP contribution in [0.3, 0.4) is 0 Å². The summed E-state index contributed by atoms with van der Waals surface area (Å²) < 4.78 is 14.0. The molecule has 1 fully saturated rings. The van der Waals surface area contributed by atoms with Gasteiger partial charge in [-0.15, -0.1) is 0 Å². The van der Waals surface area contributed by atoms with Crippen LogP contribution in [0.1, 0.15) is 19.8 Å². The molecule has 1 aliphatic heterocycles. The largest absolute Gasteiger partial charge is 0.397 e. The first-order valence-electron chi connectivity index (χ1n) is 6.77. The van der Waals surface area contributed by atoms with E-state index in [2.05, 4.69) is 17.1 Å². The second-order valence-electron chi connectivity index (χ2n) is 5.30. The monoisotopic (exact) mass is 377 g/mol. The van der Waals surface area contributed by atoms with Crippen LogP contribution in [0, 0.1) is 15.3 Å². The van der Waals surface area contributed by atoms with Gasteiger partial charge in [-0.05, 0) is 60.5 Å². The summed E-state index contributed by atoms with van der Waals surface area (Å²) in [5.74, 6) is 0.634. The van der Waals surface area contributed by atoms with Crippen molar-refractivity contribution in [1.29, 1.82) is 0 Å². The molecule has 1 aromatic rings. The van der Waals surface area contributed by atoms with Gasteiger partial charge in [0.2, 0.25) is 0 Å². The standard InChI is InChI=1S/C14H21FIN3/c1-10-2-5-19(6-3-10)7-4-18-14-8-11(15)12(16)9-13(14)17/h8-10,18H,2-7,17H2,1H3. The molecule has 1 heterocycles. The van der Waals surface area contributed by atoms with Crippen LogP contribution in [-0.4, -0.2) is 31.1 Å². The van der Waals surface area contributed by atoms with Gasteiger partial charge in [0.15, 0.2) is 0 Å². The first-order chi connectivity index (χ1) is 9.06. The smallest absolute Gasteiger partial charge is 0.138 e. The number of nitrogens with zero attached hydrogens (tertiary/aromatic N) is 1. The van der Waals surface area contributed by atoms with Gasteiger partial charge >= 0.3 is 0 Å². The molecule has 0 radical (unpaired) electrons. The molecule has 3 N–H and O–H groups in total. The minimum Gasteiger partial charge on any atom is -0.397 e. The molecular formula is C14H21FIN3. The van der Waals surface area contributed by atoms with E-state index in [1.54, 1.807) is 6.07 Å². The fourth-order valence-corrected chi connectivity index (χ4v) is 2.84. The van der Waals surface area contributed by atoms with Gasteiger partial charge in [-0.25, -0.2) is 4.39 Å². The fraction of sp³-hybridized carbons (Fsp3) is 0.571. The third-order valence-corrected chi connectivity index (χ3v) is 4.54. The van der Waals surface area contributed by atoms with E-state index < -0.39 is 0 Å². The molecule has 0 unspecified atom stereocenters. The van der Waals surface area contributed by atoms with Gasteiger partial charge in [-0.1, -0.05) is 6.92 Å². The normalized spacial score (nSPS) is 17.6. The molecule has 0 aliphatic carbocycles. The summed E-state index contributed by atoms with van der Waals surface area (Å²) >= 11 is 1.95. The number of nitrogen functional groups attached to an aromatic ring is 1. The Bertz CT molecular complexity index is 431. The number of nitrogens with two attached hydrogens (primary N) is 1. The lowest BCUT2D eigenvalue weighted by atomic mass is 9.99. The zero-order valence-electron chi connectivity index (χ0n) is 11.3. The molecule has 0 atom stereocenters. The van der Waals surface area contributed by atoms with Crippen molar-refractivity contribution in [1.82, 2.24) is 4.90 Å². The molecule has 0 bridgehead atoms. The SMILES string of the molecule is CC1CCN(CCNc2cc(F)c(I)cc2N)CC1. The Hall–Kier alpha value is -0.560. The molecule has 1 saturated heterocycles. The summed E-state index contributed by atoms with van der Waals surface area (Å²) in [6.45, 7) is 6.43. The molecule has 5 heteroatoms. The summed E-state index contributed by atoms with van der Waals surface area (Å²) in [6, 6.07) is 3.15. The van der Waals surface area contributed by atoms with E-state index in [9.17, 15) is 4.39 Å². The lowest BCUT2D eigenvalue weighted by Crippen LogP contribution is -2.36. The molecule has 1 aromatic carbocycles. The van der Waals surface area contributed by atoms with Crippen molar-refractivity contribution in [2.45, 2.75) is 19.8 Å². The van der Waals surface area contributed by atoms with E-state index in [-0.39, 0.29) is 5.82 Å². The number of likely N-dealkylation sites (tertiary alicyclic amines) is 1. The lowest BCUT2D eigenvalue weighted by Gasteiger charge is -2.30. The summed E-state index contributed by atoms with van der Waals surface area (Å²) in [6.07, 6.45) is 2.56. The van der Waals surface area contributed by atoms with Crippen LogP contribution < -0.4 is 11.1 Å². The average molecular weight is 377 g/mol. The predicted molar refractivity (Wildman–Crippen MR) is 86.9 cm³/mol. The Labute approximate surface area is 127 Å². The maximum absolute atomic E-state index is 13.5. The molecule has 0 amide bonds. The topological polar surface area (TPSA) is 41.3 Å². The Morgan fingerprint density at radius 2 is 2.11 bits per heavy atom. The van der Waals surface area contributed by atoms with E-state index >= 15 is 0 Å². The predicted octanol–water partition coefficient (Wildman–Crippen LogP) is 3.16. The van der Waals surface area contributed by atoms with E-state index in [1.165, 1.54) is 32.0 Å². The maximum Gasteiger partial charge on any atom is 0.138 e. The molecule has 0 spiro atoms. The fourth-order valence-electron chi connectivity index (χ4n) is 2.35. The number of benzene rings is 1. The minimum absolute atomic E-state index is 0.218. The maximum atomic E-state index is 13.5. The number of halogens is 2. The van der Waals surface area contributed by atoms with Gasteiger partial charge in [0.25, 0.3) is 0 Å². The van der Waals surface area contributed by atoms with Crippen molar-refractivity contribution in [3.05, 3.63) is 21.5 Å². The highest BCUT2D eigenvalue weighted by molar-refractivity contribution is 14.1. The number of nitrogens with one attached hydrogen (secondary N) is 1. The quantitative estimate of drug-likeness (QED) is 0.626. The van der Waals surface area contributed by atoms with Gasteiger partial charge in [-0.2, -0.15) is 0 Å². The molecule has 19 heavy (non-hydrogen) atoms. The van der Waals surface area contributed by atoms with Crippen molar-refractivity contribution in [3.63, 3.8) is 0 Å². The second kappa shape index (κ2) is 6.74. The zero-order chi connectivity index (χ0) is 13.8. The van der Waals surface area contributed by atoms with Gasteiger partial charge in [0.1, 0.15) is 5.82 Å². The third-order valence-electron chi connectivity index (χ3n) is 3.71. The second-order valence-corrected chi connectivity index (χ2v) is 6.47. The highest BCUT2D eigenvalue weighted by Gasteiger charge is 2.15. The van der Waals surface area contributed by atoms with E-state index in [0.717, 1.165) is 19.0 Å². The van der Waals surface area contributed by atoms with E-state index in [0.29, 0.717) is 14.9 Å². The Kier molecular flexibility index (Phi) is 5.27. The summed E-state index contributed by atoms with van der Waals surface area (Å²) in [5.41, 5.74) is 7.19. The molecular weight excluding hydrogens is 356 g/mol. The molecule has 1 aliphatic rings. The van der Waals surface area contributed by atoms with Crippen LogP contribution in [0.25, 0.3) is 0 Å². The Balaban J connectivity index is 1.81. The average Bonchev–Trinajstić information content (AvgIpc) is 2.38. The Morgan fingerprint density at radius 3 is 2.79 bits per heavy atom. The Morgan fingerprint density at radius 1 is 1.42 bits per heavy atom. The lowest BCUT2D eigenvalue weighted by molar-refractivity contribution is 0.199. The third kappa shape index (κ3) is 4.21. The van der Waals surface area contributed by atoms with Crippen LogP contribution in [0.4, 0.5) is 15.8 Å². The number of hydrogen-bond donors (Lipinski definition) is 2. The van der Waals surface area contributed by atoms with E-state index in [1.807, 2.05) is 22.6 Å². The van der Waals surface area contributed by atoms with Gasteiger partial charge in [0.05, 0.1) is 14.9 Å². The number of hydrogen-bond acceptors (Lipinski definition) is 3. The molecule has 106 valence electrons. The number of piperidine rings is 1. The molecule has 2 rings (SSSR count).